The van der Waals surface area contributed by atoms with Crippen molar-refractivity contribution in [3.05, 3.63) is 41.5 Å². The lowest BCUT2D eigenvalue weighted by atomic mass is 10.1. The molecule has 1 saturated heterocycles. The molecule has 4 rings (SSSR count). The molecular weight excluding hydrogens is 350 g/mol. The van der Waals surface area contributed by atoms with E-state index in [0.29, 0.717) is 6.54 Å². The minimum Gasteiger partial charge on any atom is -0.372 e. The summed E-state index contributed by atoms with van der Waals surface area (Å²) in [6.45, 7) is 8.98. The first kappa shape index (κ1) is 18.8. The Morgan fingerprint density at radius 1 is 1.18 bits per heavy atom. The molecule has 7 nitrogen and oxygen atoms in total. The molecule has 0 bridgehead atoms. The summed E-state index contributed by atoms with van der Waals surface area (Å²) in [6.07, 6.45) is 4.77. The number of fused-ring (bicyclic) bond motifs is 1. The molecule has 0 aliphatic carbocycles. The van der Waals surface area contributed by atoms with Crippen LogP contribution in [0.2, 0.25) is 0 Å². The number of rotatable bonds is 6. The molecule has 150 valence electrons. The van der Waals surface area contributed by atoms with E-state index in [4.69, 9.17) is 4.99 Å². The van der Waals surface area contributed by atoms with Crippen LogP contribution in [0.1, 0.15) is 56.4 Å². The third-order valence-corrected chi connectivity index (χ3v) is 5.60. The molecule has 3 heterocycles. The van der Waals surface area contributed by atoms with E-state index in [1.807, 2.05) is 0 Å². The van der Waals surface area contributed by atoms with E-state index in [9.17, 15) is 0 Å². The van der Waals surface area contributed by atoms with Gasteiger partial charge in [-0.25, -0.2) is 4.99 Å². The topological polar surface area (TPSA) is 70.4 Å². The van der Waals surface area contributed by atoms with Crippen LogP contribution in [0.5, 0.6) is 0 Å². The molecule has 0 spiro atoms. The SMILES string of the molecule is CCNC(=NCc1nnc2n1CCC2)NC(C)c1cccc(N2CCCC2)c1. The largest absolute Gasteiger partial charge is 0.372 e. The molecule has 1 unspecified atom stereocenters. The van der Waals surface area contributed by atoms with Crippen molar-refractivity contribution >= 4 is 11.6 Å². The Morgan fingerprint density at radius 3 is 2.86 bits per heavy atom. The van der Waals surface area contributed by atoms with E-state index in [1.54, 1.807) is 0 Å². The molecular formula is C21H31N7. The van der Waals surface area contributed by atoms with Gasteiger partial charge in [0.05, 0.1) is 6.04 Å². The van der Waals surface area contributed by atoms with E-state index in [2.05, 4.69) is 68.4 Å². The van der Waals surface area contributed by atoms with Gasteiger partial charge >= 0.3 is 0 Å². The van der Waals surface area contributed by atoms with Crippen molar-refractivity contribution in [2.75, 3.05) is 24.5 Å². The van der Waals surface area contributed by atoms with Crippen LogP contribution in [0.25, 0.3) is 0 Å². The minimum absolute atomic E-state index is 0.171. The number of benzene rings is 1. The lowest BCUT2D eigenvalue weighted by Crippen LogP contribution is -2.38. The van der Waals surface area contributed by atoms with Crippen molar-refractivity contribution in [1.29, 1.82) is 0 Å². The third kappa shape index (κ3) is 4.13. The highest BCUT2D eigenvalue weighted by atomic mass is 15.3. The molecule has 0 amide bonds. The van der Waals surface area contributed by atoms with Crippen LogP contribution in [0, 0.1) is 0 Å². The van der Waals surface area contributed by atoms with Crippen LogP contribution >= 0.6 is 0 Å². The Bertz CT molecular complexity index is 820. The summed E-state index contributed by atoms with van der Waals surface area (Å²) in [5, 5.41) is 15.5. The van der Waals surface area contributed by atoms with E-state index >= 15 is 0 Å². The number of guanidine groups is 1. The maximum atomic E-state index is 4.76. The fourth-order valence-corrected chi connectivity index (χ4v) is 4.05. The fourth-order valence-electron chi connectivity index (χ4n) is 4.05. The predicted molar refractivity (Wildman–Crippen MR) is 113 cm³/mol. The Kier molecular flexibility index (Phi) is 5.78. The summed E-state index contributed by atoms with van der Waals surface area (Å²) in [7, 11) is 0. The molecule has 1 fully saturated rings. The number of nitrogens with zero attached hydrogens (tertiary/aromatic N) is 5. The van der Waals surface area contributed by atoms with Crippen LogP contribution in [-0.2, 0) is 19.5 Å². The molecule has 2 aliphatic heterocycles. The van der Waals surface area contributed by atoms with Crippen LogP contribution < -0.4 is 15.5 Å². The summed E-state index contributed by atoms with van der Waals surface area (Å²) in [4.78, 5) is 7.23. The molecule has 2 aromatic rings. The number of nitrogens with one attached hydrogen (secondary N) is 2. The number of anilines is 1. The smallest absolute Gasteiger partial charge is 0.192 e. The second kappa shape index (κ2) is 8.63. The maximum absolute atomic E-state index is 4.76. The highest BCUT2D eigenvalue weighted by Gasteiger charge is 2.17. The van der Waals surface area contributed by atoms with Gasteiger partial charge in [-0.15, -0.1) is 10.2 Å². The Balaban J connectivity index is 1.44. The standard InChI is InChI=1S/C21H31N7/c1-3-22-21(23-15-20-26-25-19-10-7-13-28(19)20)24-16(2)17-8-6-9-18(14-17)27-11-4-5-12-27/h6,8-9,14,16H,3-5,7,10-13,15H2,1-2H3,(H2,22,23,24). The Labute approximate surface area is 167 Å². The quantitative estimate of drug-likeness (QED) is 0.595. The second-order valence-corrected chi connectivity index (χ2v) is 7.64. The van der Waals surface area contributed by atoms with E-state index < -0.39 is 0 Å². The van der Waals surface area contributed by atoms with Crippen LogP contribution in [0.4, 0.5) is 5.69 Å². The van der Waals surface area contributed by atoms with Gasteiger partial charge in [-0.3, -0.25) is 0 Å². The first-order valence-corrected chi connectivity index (χ1v) is 10.6. The number of aryl methyl sites for hydroxylation is 1. The van der Waals surface area contributed by atoms with Crippen molar-refractivity contribution < 1.29 is 0 Å². The summed E-state index contributed by atoms with van der Waals surface area (Å²) >= 11 is 0. The zero-order valence-corrected chi connectivity index (χ0v) is 17.0. The normalized spacial score (nSPS) is 17.6. The van der Waals surface area contributed by atoms with Gasteiger partial charge < -0.3 is 20.1 Å². The molecule has 0 radical (unpaired) electrons. The molecule has 2 aliphatic rings. The molecule has 0 saturated carbocycles. The zero-order valence-electron chi connectivity index (χ0n) is 17.0. The van der Waals surface area contributed by atoms with Gasteiger partial charge in [0.2, 0.25) is 0 Å². The monoisotopic (exact) mass is 381 g/mol. The third-order valence-electron chi connectivity index (χ3n) is 5.60. The average molecular weight is 382 g/mol. The predicted octanol–water partition coefficient (Wildman–Crippen LogP) is 2.64. The fraction of sp³-hybridized carbons (Fsp3) is 0.571. The summed E-state index contributed by atoms with van der Waals surface area (Å²) in [5.74, 6) is 2.86. The van der Waals surface area contributed by atoms with Crippen molar-refractivity contribution in [2.45, 2.75) is 58.7 Å². The van der Waals surface area contributed by atoms with Gasteiger partial charge in [-0.2, -0.15) is 0 Å². The number of aliphatic imine (C=N–C) groups is 1. The van der Waals surface area contributed by atoms with Gasteiger partial charge in [-0.05, 0) is 50.8 Å². The molecule has 1 aromatic heterocycles. The number of aromatic nitrogens is 3. The van der Waals surface area contributed by atoms with Crippen LogP contribution in [-0.4, -0.2) is 40.4 Å². The van der Waals surface area contributed by atoms with Gasteiger partial charge in [0.1, 0.15) is 12.4 Å². The minimum atomic E-state index is 0.171. The second-order valence-electron chi connectivity index (χ2n) is 7.64. The lowest BCUT2D eigenvalue weighted by molar-refractivity contribution is 0.667. The lowest BCUT2D eigenvalue weighted by Gasteiger charge is -2.22. The zero-order chi connectivity index (χ0) is 19.3. The van der Waals surface area contributed by atoms with Crippen molar-refractivity contribution in [3.8, 4) is 0 Å². The van der Waals surface area contributed by atoms with Crippen LogP contribution in [0.15, 0.2) is 29.3 Å². The van der Waals surface area contributed by atoms with Gasteiger partial charge in [0.15, 0.2) is 11.8 Å². The molecule has 1 atom stereocenters. The average Bonchev–Trinajstić information content (AvgIpc) is 3.45. The highest BCUT2D eigenvalue weighted by Crippen LogP contribution is 2.24. The van der Waals surface area contributed by atoms with E-state index in [1.165, 1.54) is 24.1 Å². The van der Waals surface area contributed by atoms with Gasteiger partial charge in [-0.1, -0.05) is 12.1 Å². The van der Waals surface area contributed by atoms with Gasteiger partial charge in [0.25, 0.3) is 0 Å². The van der Waals surface area contributed by atoms with Crippen molar-refractivity contribution in [2.24, 2.45) is 4.99 Å². The summed E-state index contributed by atoms with van der Waals surface area (Å²) in [5.41, 5.74) is 2.60. The number of hydrogen-bond donors (Lipinski definition) is 2. The molecule has 7 heteroatoms. The summed E-state index contributed by atoms with van der Waals surface area (Å²) < 4.78 is 2.20. The van der Waals surface area contributed by atoms with Gasteiger partial charge in [0, 0.05) is 38.3 Å². The Morgan fingerprint density at radius 2 is 2.04 bits per heavy atom. The van der Waals surface area contributed by atoms with E-state index in [-0.39, 0.29) is 6.04 Å². The molecule has 1 aromatic carbocycles. The first-order valence-electron chi connectivity index (χ1n) is 10.6. The Hall–Kier alpha value is -2.57. The highest BCUT2D eigenvalue weighted by molar-refractivity contribution is 5.80. The van der Waals surface area contributed by atoms with Crippen molar-refractivity contribution in [3.63, 3.8) is 0 Å². The van der Waals surface area contributed by atoms with E-state index in [0.717, 1.165) is 56.6 Å². The first-order chi connectivity index (χ1) is 13.7. The van der Waals surface area contributed by atoms with Crippen LogP contribution in [0.3, 0.4) is 0 Å². The molecule has 2 N–H and O–H groups in total. The van der Waals surface area contributed by atoms with Crippen molar-refractivity contribution in [1.82, 2.24) is 25.4 Å². The molecule has 28 heavy (non-hydrogen) atoms. The maximum Gasteiger partial charge on any atom is 0.192 e. The number of hydrogen-bond acceptors (Lipinski definition) is 4. The summed E-state index contributed by atoms with van der Waals surface area (Å²) in [6, 6.07) is 9.03.